The van der Waals surface area contributed by atoms with Crippen molar-refractivity contribution in [3.63, 3.8) is 0 Å². The van der Waals surface area contributed by atoms with Crippen LogP contribution in [0, 0.1) is 0 Å². The molecule has 13 heteroatoms. The Morgan fingerprint density at radius 2 is 1.83 bits per heavy atom. The highest BCUT2D eigenvalue weighted by atomic mass is 32.2. The smallest absolute Gasteiger partial charge is 0.341 e. The van der Waals surface area contributed by atoms with Gasteiger partial charge in [-0.05, 0) is 40.3 Å². The first-order valence-corrected chi connectivity index (χ1v) is 13.0. The molecule has 0 aliphatic carbocycles. The lowest BCUT2D eigenvalue weighted by atomic mass is 10.1. The van der Waals surface area contributed by atoms with E-state index >= 15 is 0 Å². The van der Waals surface area contributed by atoms with Crippen LogP contribution in [-0.4, -0.2) is 69.6 Å². The van der Waals surface area contributed by atoms with Crippen molar-refractivity contribution in [2.45, 2.75) is 30.0 Å². The zero-order chi connectivity index (χ0) is 24.5. The molecule has 0 spiro atoms. The second kappa shape index (κ2) is 9.43. The highest BCUT2D eigenvalue weighted by Gasteiger charge is 2.50. The molecule has 0 radical (unpaired) electrons. The molecule has 0 bridgehead atoms. The fraction of sp³-hybridized carbons (Fsp3) is 0.304. The predicted octanol–water partition coefficient (Wildman–Crippen LogP) is 1.48. The molecule has 0 unspecified atom stereocenters. The Morgan fingerprint density at radius 1 is 1.03 bits per heavy atom. The van der Waals surface area contributed by atoms with Gasteiger partial charge in [0.15, 0.2) is 0 Å². The highest BCUT2D eigenvalue weighted by Crippen LogP contribution is 2.36. The van der Waals surface area contributed by atoms with Crippen LogP contribution in [0.4, 0.5) is 0 Å². The first kappa shape index (κ1) is 22.8. The van der Waals surface area contributed by atoms with Gasteiger partial charge in [0, 0.05) is 18.1 Å². The number of aromatic nitrogens is 6. The maximum absolute atomic E-state index is 12.7. The van der Waals surface area contributed by atoms with Crippen LogP contribution in [0.2, 0.25) is 0 Å². The molecule has 2 aromatic carbocycles. The average molecular weight is 510 g/mol. The zero-order valence-electron chi connectivity index (χ0n) is 19.0. The fourth-order valence-corrected chi connectivity index (χ4v) is 5.90. The molecule has 2 aliphatic heterocycles. The molecule has 2 aromatic heterocycles. The molecule has 12 nitrogen and oxygen atoms in total. The van der Waals surface area contributed by atoms with E-state index in [-0.39, 0.29) is 31.0 Å². The van der Waals surface area contributed by atoms with E-state index in [1.54, 1.807) is 24.7 Å². The Labute approximate surface area is 206 Å². The van der Waals surface area contributed by atoms with E-state index in [0.717, 1.165) is 5.69 Å². The second-order valence-electron chi connectivity index (χ2n) is 8.60. The van der Waals surface area contributed by atoms with E-state index < -0.39 is 28.3 Å². The third kappa shape index (κ3) is 4.60. The lowest BCUT2D eigenvalue weighted by Gasteiger charge is -2.18. The average Bonchev–Trinajstić information content (AvgIpc) is 3.67. The molecule has 4 aromatic rings. The van der Waals surface area contributed by atoms with Gasteiger partial charge in [-0.1, -0.05) is 35.4 Å². The summed E-state index contributed by atoms with van der Waals surface area (Å²) in [6, 6.07) is 15.7. The molecule has 6 rings (SSSR count). The summed E-state index contributed by atoms with van der Waals surface area (Å²) in [4.78, 5) is 4.05. The van der Waals surface area contributed by atoms with Crippen molar-refractivity contribution < 1.29 is 22.6 Å². The number of hydrogen-bond acceptors (Lipinski definition) is 9. The predicted molar refractivity (Wildman–Crippen MR) is 126 cm³/mol. The van der Waals surface area contributed by atoms with Crippen LogP contribution in [0.15, 0.2) is 73.3 Å². The van der Waals surface area contributed by atoms with E-state index in [4.69, 9.17) is 14.2 Å². The Bertz CT molecular complexity index is 1410. The van der Waals surface area contributed by atoms with E-state index in [1.165, 1.54) is 4.68 Å². The van der Waals surface area contributed by atoms with Crippen LogP contribution in [0.3, 0.4) is 0 Å². The molecule has 0 saturated carbocycles. The largest absolute Gasteiger partial charge is 0.423 e. The standard InChI is InChI=1S/C23H23N7O5S/c31-36(32,14-16-4-2-1-3-5-16)26-19-12-33-22-20(13-34-21(19)22)30-23(25-27-28-30)35-18-8-6-17(7-9-18)29-11-10-24-15-29/h1-11,15,19-22,26H,12-14H2/t19-,20+,21-,22+/m1/s1. The number of benzene rings is 2. The van der Waals surface area contributed by atoms with Crippen molar-refractivity contribution in [1.29, 1.82) is 0 Å². The number of nitrogens with one attached hydrogen (secondary N) is 1. The van der Waals surface area contributed by atoms with Crippen molar-refractivity contribution in [3.05, 3.63) is 78.9 Å². The van der Waals surface area contributed by atoms with Gasteiger partial charge in [-0.25, -0.2) is 18.1 Å². The Balaban J connectivity index is 1.12. The lowest BCUT2D eigenvalue weighted by molar-refractivity contribution is 0.0615. The zero-order valence-corrected chi connectivity index (χ0v) is 19.8. The van der Waals surface area contributed by atoms with Crippen molar-refractivity contribution in [3.8, 4) is 17.4 Å². The molecule has 0 amide bonds. The molecule has 186 valence electrons. The van der Waals surface area contributed by atoms with Crippen LogP contribution in [0.1, 0.15) is 11.6 Å². The molecular weight excluding hydrogens is 486 g/mol. The summed E-state index contributed by atoms with van der Waals surface area (Å²) in [7, 11) is -3.58. The number of rotatable bonds is 8. The van der Waals surface area contributed by atoms with Crippen LogP contribution in [0.5, 0.6) is 11.8 Å². The Hall–Kier alpha value is -3.65. The van der Waals surface area contributed by atoms with E-state index in [2.05, 4.69) is 25.2 Å². The number of ether oxygens (including phenoxy) is 3. The first-order chi connectivity index (χ1) is 17.6. The molecule has 2 aliphatic rings. The lowest BCUT2D eigenvalue weighted by Crippen LogP contribution is -2.44. The van der Waals surface area contributed by atoms with Crippen molar-refractivity contribution in [2.24, 2.45) is 0 Å². The minimum absolute atomic E-state index is 0.115. The number of fused-ring (bicyclic) bond motifs is 1. The summed E-state index contributed by atoms with van der Waals surface area (Å²) in [6.07, 6.45) is 4.38. The van der Waals surface area contributed by atoms with E-state index in [9.17, 15) is 8.42 Å². The number of nitrogens with zero attached hydrogens (tertiary/aromatic N) is 6. The van der Waals surface area contributed by atoms with Gasteiger partial charge in [-0.3, -0.25) is 0 Å². The summed E-state index contributed by atoms with van der Waals surface area (Å²) < 4.78 is 49.4. The van der Waals surface area contributed by atoms with Crippen LogP contribution >= 0.6 is 0 Å². The maximum atomic E-state index is 12.7. The third-order valence-corrected chi connectivity index (χ3v) is 7.56. The number of sulfonamides is 1. The normalized spacial score (nSPS) is 23.6. The molecule has 2 fully saturated rings. The number of tetrazole rings is 1. The van der Waals surface area contributed by atoms with Gasteiger partial charge in [0.2, 0.25) is 10.0 Å². The third-order valence-electron chi connectivity index (χ3n) is 6.18. The van der Waals surface area contributed by atoms with Crippen LogP contribution < -0.4 is 9.46 Å². The van der Waals surface area contributed by atoms with Crippen LogP contribution in [-0.2, 0) is 25.2 Å². The van der Waals surface area contributed by atoms with Gasteiger partial charge in [0.05, 0.1) is 31.3 Å². The van der Waals surface area contributed by atoms with Gasteiger partial charge in [0.25, 0.3) is 0 Å². The first-order valence-electron chi connectivity index (χ1n) is 11.4. The fourth-order valence-electron chi connectivity index (χ4n) is 4.52. The van der Waals surface area contributed by atoms with Gasteiger partial charge in [0.1, 0.15) is 24.0 Å². The molecule has 4 atom stereocenters. The Morgan fingerprint density at radius 3 is 2.61 bits per heavy atom. The summed E-state index contributed by atoms with van der Waals surface area (Å²) >= 11 is 0. The van der Waals surface area contributed by atoms with Gasteiger partial charge >= 0.3 is 6.01 Å². The minimum atomic E-state index is -3.58. The minimum Gasteiger partial charge on any atom is -0.423 e. The molecule has 2 saturated heterocycles. The maximum Gasteiger partial charge on any atom is 0.341 e. The monoisotopic (exact) mass is 509 g/mol. The summed E-state index contributed by atoms with van der Waals surface area (Å²) in [6.45, 7) is 0.446. The summed E-state index contributed by atoms with van der Waals surface area (Å²) in [5, 5.41) is 11.9. The molecular formula is C23H23N7O5S. The van der Waals surface area contributed by atoms with Crippen molar-refractivity contribution in [1.82, 2.24) is 34.5 Å². The molecule has 36 heavy (non-hydrogen) atoms. The number of imidazole rings is 1. The van der Waals surface area contributed by atoms with Gasteiger partial charge < -0.3 is 18.8 Å². The van der Waals surface area contributed by atoms with E-state index in [0.29, 0.717) is 11.3 Å². The highest BCUT2D eigenvalue weighted by molar-refractivity contribution is 7.88. The number of hydrogen-bond donors (Lipinski definition) is 1. The van der Waals surface area contributed by atoms with Gasteiger partial charge in [-0.2, -0.15) is 4.68 Å². The Kier molecular flexibility index (Phi) is 5.97. The quantitative estimate of drug-likeness (QED) is 0.375. The van der Waals surface area contributed by atoms with Crippen molar-refractivity contribution >= 4 is 10.0 Å². The SMILES string of the molecule is O=S(=O)(Cc1ccccc1)N[C@@H]1CO[C@@H]2[C@@H]1OC[C@@H]2n1nnnc1Oc1ccc(-n2ccnc2)cc1. The van der Waals surface area contributed by atoms with Gasteiger partial charge in [-0.15, -0.1) is 0 Å². The van der Waals surface area contributed by atoms with Crippen molar-refractivity contribution in [2.75, 3.05) is 13.2 Å². The molecule has 1 N–H and O–H groups in total. The van der Waals surface area contributed by atoms with E-state index in [1.807, 2.05) is 53.2 Å². The van der Waals surface area contributed by atoms with Crippen LogP contribution in [0.25, 0.3) is 5.69 Å². The molecule has 4 heterocycles. The topological polar surface area (TPSA) is 135 Å². The summed E-state index contributed by atoms with van der Waals surface area (Å²) in [5.74, 6) is 0.444. The second-order valence-corrected chi connectivity index (χ2v) is 10.4. The summed E-state index contributed by atoms with van der Waals surface area (Å²) in [5.41, 5.74) is 1.64.